The summed E-state index contributed by atoms with van der Waals surface area (Å²) in [6, 6.07) is 3.10. The average molecular weight is 235 g/mol. The highest BCUT2D eigenvalue weighted by Crippen LogP contribution is 2.32. The number of carboxylic acids is 1. The van der Waals surface area contributed by atoms with E-state index < -0.39 is 5.97 Å². The Kier molecular flexibility index (Phi) is 3.61. The molecule has 0 atom stereocenters. The molecular weight excluding hydrogens is 218 g/mol. The Bertz CT molecular complexity index is 456. The highest BCUT2D eigenvalue weighted by atomic mass is 16.4. The molecule has 1 aliphatic rings. The largest absolute Gasteiger partial charge is 0.477 e. The molecule has 1 saturated carbocycles. The van der Waals surface area contributed by atoms with E-state index in [1.54, 1.807) is 6.07 Å². The predicted molar refractivity (Wildman–Crippen MR) is 64.5 cm³/mol. The summed E-state index contributed by atoms with van der Waals surface area (Å²) in [5.74, 6) is -0.762. The molecule has 1 aromatic rings. The molecule has 4 nitrogen and oxygen atoms in total. The lowest BCUT2D eigenvalue weighted by Crippen LogP contribution is -2.16. The van der Waals surface area contributed by atoms with Gasteiger partial charge in [-0.15, -0.1) is 0 Å². The standard InChI is InChI=1S/C13H17NO3/c15-11-8-7-10(12(14-11)13(16)17)9-5-3-1-2-4-6-9/h7-9H,1-6H2,(H,14,15)(H,16,17). The van der Waals surface area contributed by atoms with Gasteiger partial charge in [-0.2, -0.15) is 0 Å². The normalized spacial score (nSPS) is 17.6. The Balaban J connectivity index is 2.35. The van der Waals surface area contributed by atoms with Crippen LogP contribution in [-0.2, 0) is 0 Å². The van der Waals surface area contributed by atoms with E-state index in [2.05, 4.69) is 4.98 Å². The molecule has 0 saturated heterocycles. The van der Waals surface area contributed by atoms with E-state index in [1.165, 1.54) is 18.9 Å². The van der Waals surface area contributed by atoms with Crippen molar-refractivity contribution in [3.05, 3.63) is 33.7 Å². The summed E-state index contributed by atoms with van der Waals surface area (Å²) in [6.45, 7) is 0. The number of aromatic nitrogens is 1. The van der Waals surface area contributed by atoms with E-state index in [0.29, 0.717) is 0 Å². The molecule has 0 unspecified atom stereocenters. The molecule has 1 aromatic heterocycles. The van der Waals surface area contributed by atoms with Crippen LogP contribution < -0.4 is 5.56 Å². The number of carboxylic acid groups (broad SMARTS) is 1. The second-order valence-electron chi connectivity index (χ2n) is 4.65. The lowest BCUT2D eigenvalue weighted by atomic mass is 9.90. The molecule has 0 radical (unpaired) electrons. The highest BCUT2D eigenvalue weighted by molar-refractivity contribution is 5.87. The van der Waals surface area contributed by atoms with Gasteiger partial charge >= 0.3 is 5.97 Å². The molecule has 17 heavy (non-hydrogen) atoms. The fraction of sp³-hybridized carbons (Fsp3) is 0.538. The summed E-state index contributed by atoms with van der Waals surface area (Å²) in [6.07, 6.45) is 6.77. The topological polar surface area (TPSA) is 70.2 Å². The zero-order valence-corrected chi connectivity index (χ0v) is 9.74. The molecule has 4 heteroatoms. The number of rotatable bonds is 2. The Morgan fingerprint density at radius 3 is 2.41 bits per heavy atom. The molecule has 1 heterocycles. The molecule has 0 amide bonds. The number of pyridine rings is 1. The van der Waals surface area contributed by atoms with Gasteiger partial charge in [-0.05, 0) is 24.3 Å². The SMILES string of the molecule is O=C(O)c1[nH]c(=O)ccc1C1CCCCCC1. The van der Waals surface area contributed by atoms with E-state index in [-0.39, 0.29) is 17.2 Å². The molecule has 2 rings (SSSR count). The molecule has 0 spiro atoms. The van der Waals surface area contributed by atoms with Crippen LogP contribution in [0.2, 0.25) is 0 Å². The van der Waals surface area contributed by atoms with Crippen LogP contribution in [0.5, 0.6) is 0 Å². The van der Waals surface area contributed by atoms with Crippen LogP contribution in [0, 0.1) is 0 Å². The maximum absolute atomic E-state index is 11.2. The summed E-state index contributed by atoms with van der Waals surface area (Å²) >= 11 is 0. The van der Waals surface area contributed by atoms with Crippen LogP contribution in [0.1, 0.15) is 60.5 Å². The molecular formula is C13H17NO3. The third-order valence-corrected chi connectivity index (χ3v) is 3.46. The molecule has 2 N–H and O–H groups in total. The van der Waals surface area contributed by atoms with E-state index in [0.717, 1.165) is 31.2 Å². The van der Waals surface area contributed by atoms with Gasteiger partial charge in [0.2, 0.25) is 5.56 Å². The van der Waals surface area contributed by atoms with Crippen molar-refractivity contribution >= 4 is 5.97 Å². The molecule has 0 aromatic carbocycles. The van der Waals surface area contributed by atoms with Crippen molar-refractivity contribution in [2.75, 3.05) is 0 Å². The lowest BCUT2D eigenvalue weighted by Gasteiger charge is -2.16. The van der Waals surface area contributed by atoms with E-state index in [1.807, 2.05) is 0 Å². The average Bonchev–Trinajstić information content (AvgIpc) is 2.57. The molecule has 0 bridgehead atoms. The highest BCUT2D eigenvalue weighted by Gasteiger charge is 2.20. The number of carbonyl (C=O) groups is 1. The second kappa shape index (κ2) is 5.17. The van der Waals surface area contributed by atoms with Crippen molar-refractivity contribution in [3.63, 3.8) is 0 Å². The fourth-order valence-corrected chi connectivity index (χ4v) is 2.59. The zero-order valence-electron chi connectivity index (χ0n) is 9.74. The van der Waals surface area contributed by atoms with Gasteiger partial charge in [0.15, 0.2) is 0 Å². The number of hydrogen-bond acceptors (Lipinski definition) is 2. The zero-order chi connectivity index (χ0) is 12.3. The fourth-order valence-electron chi connectivity index (χ4n) is 2.59. The monoisotopic (exact) mass is 235 g/mol. The van der Waals surface area contributed by atoms with Gasteiger partial charge < -0.3 is 10.1 Å². The first kappa shape index (κ1) is 11.9. The maximum Gasteiger partial charge on any atom is 0.352 e. The van der Waals surface area contributed by atoms with Crippen molar-refractivity contribution in [2.45, 2.75) is 44.4 Å². The van der Waals surface area contributed by atoms with E-state index >= 15 is 0 Å². The van der Waals surface area contributed by atoms with Gasteiger partial charge in [0.05, 0.1) is 0 Å². The summed E-state index contributed by atoms with van der Waals surface area (Å²) in [5.41, 5.74) is 0.517. The second-order valence-corrected chi connectivity index (χ2v) is 4.65. The molecule has 1 aliphatic carbocycles. The summed E-state index contributed by atoms with van der Waals surface area (Å²) in [4.78, 5) is 24.7. The lowest BCUT2D eigenvalue weighted by molar-refractivity contribution is 0.0688. The number of hydrogen-bond donors (Lipinski definition) is 2. The predicted octanol–water partition coefficient (Wildman–Crippen LogP) is 2.51. The van der Waals surface area contributed by atoms with Crippen LogP contribution in [0.4, 0.5) is 0 Å². The van der Waals surface area contributed by atoms with Crippen LogP contribution in [0.3, 0.4) is 0 Å². The third-order valence-electron chi connectivity index (χ3n) is 3.46. The van der Waals surface area contributed by atoms with E-state index in [9.17, 15) is 9.59 Å². The molecule has 0 aliphatic heterocycles. The number of nitrogens with one attached hydrogen (secondary N) is 1. The minimum atomic E-state index is -1.04. The Labute approximate surface area is 99.7 Å². The van der Waals surface area contributed by atoms with Gasteiger partial charge in [0.1, 0.15) is 5.69 Å². The van der Waals surface area contributed by atoms with Gasteiger partial charge in [0, 0.05) is 6.07 Å². The van der Waals surface area contributed by atoms with Crippen molar-refractivity contribution < 1.29 is 9.90 Å². The van der Waals surface area contributed by atoms with Crippen LogP contribution in [0.15, 0.2) is 16.9 Å². The summed E-state index contributed by atoms with van der Waals surface area (Å²) in [7, 11) is 0. The van der Waals surface area contributed by atoms with E-state index in [4.69, 9.17) is 5.11 Å². The number of H-pyrrole nitrogens is 1. The third kappa shape index (κ3) is 2.75. The summed E-state index contributed by atoms with van der Waals surface area (Å²) < 4.78 is 0. The first-order chi connectivity index (χ1) is 8.18. The van der Waals surface area contributed by atoms with Crippen LogP contribution >= 0.6 is 0 Å². The Morgan fingerprint density at radius 2 is 1.82 bits per heavy atom. The number of aromatic carboxylic acids is 1. The van der Waals surface area contributed by atoms with Crippen LogP contribution in [0.25, 0.3) is 0 Å². The minimum Gasteiger partial charge on any atom is -0.477 e. The van der Waals surface area contributed by atoms with Gasteiger partial charge in [-0.3, -0.25) is 4.79 Å². The smallest absolute Gasteiger partial charge is 0.352 e. The van der Waals surface area contributed by atoms with Crippen molar-refractivity contribution in [2.24, 2.45) is 0 Å². The Hall–Kier alpha value is -1.58. The Morgan fingerprint density at radius 1 is 1.18 bits per heavy atom. The van der Waals surface area contributed by atoms with Gasteiger partial charge in [0.25, 0.3) is 0 Å². The number of aromatic amines is 1. The van der Waals surface area contributed by atoms with Crippen LogP contribution in [-0.4, -0.2) is 16.1 Å². The van der Waals surface area contributed by atoms with Crippen molar-refractivity contribution in [1.29, 1.82) is 0 Å². The van der Waals surface area contributed by atoms with Crippen molar-refractivity contribution in [3.8, 4) is 0 Å². The quantitative estimate of drug-likeness (QED) is 0.774. The summed E-state index contributed by atoms with van der Waals surface area (Å²) in [5, 5.41) is 9.12. The maximum atomic E-state index is 11.2. The first-order valence-corrected chi connectivity index (χ1v) is 6.15. The van der Waals surface area contributed by atoms with Gasteiger partial charge in [-0.25, -0.2) is 4.79 Å². The van der Waals surface area contributed by atoms with Crippen molar-refractivity contribution in [1.82, 2.24) is 4.98 Å². The molecule has 92 valence electrons. The minimum absolute atomic E-state index is 0.0735. The molecule has 1 fully saturated rings. The first-order valence-electron chi connectivity index (χ1n) is 6.15. The van der Waals surface area contributed by atoms with Gasteiger partial charge in [-0.1, -0.05) is 31.7 Å².